The third-order valence-electron chi connectivity index (χ3n) is 11.3. The van der Waals surface area contributed by atoms with E-state index in [4.69, 9.17) is 0 Å². The molecule has 0 nitrogen and oxygen atoms in total. The van der Waals surface area contributed by atoms with Crippen molar-refractivity contribution in [1.29, 1.82) is 0 Å². The predicted octanol–water partition coefficient (Wildman–Crippen LogP) is 8.13. The molecule has 2 unspecified atom stereocenters. The molecule has 0 amide bonds. The van der Waals surface area contributed by atoms with Gasteiger partial charge in [-0.25, -0.2) is 0 Å². The molecule has 2 aliphatic carbocycles. The van der Waals surface area contributed by atoms with Crippen LogP contribution in [-0.2, 0) is 28.9 Å². The Bertz CT molecular complexity index is 1880. The second kappa shape index (κ2) is 13.8. The van der Waals surface area contributed by atoms with E-state index in [2.05, 4.69) is 78.0 Å². The molecule has 0 radical (unpaired) electrons. The van der Waals surface area contributed by atoms with E-state index in [0.29, 0.717) is 0 Å². The maximum atomic E-state index is 13.5. The van der Waals surface area contributed by atoms with Gasteiger partial charge in [0.1, 0.15) is 0 Å². The zero-order valence-electron chi connectivity index (χ0n) is 30.0. The first-order valence-electron chi connectivity index (χ1n) is 17.4. The maximum absolute atomic E-state index is 13.5. The number of hydrogen-bond donors (Lipinski definition) is 0. The molecule has 274 valence electrons. The Balaban J connectivity index is 0.00000261. The first-order valence-corrected chi connectivity index (χ1v) is 21.4. The number of hydrogen-bond acceptors (Lipinski definition) is 0. The van der Waals surface area contributed by atoms with Crippen LogP contribution in [0.1, 0.15) is 89.8 Å². The van der Waals surface area contributed by atoms with E-state index in [1.54, 1.807) is 24.3 Å². The van der Waals surface area contributed by atoms with Crippen molar-refractivity contribution >= 4 is 12.2 Å². The average molecular weight is 792 g/mol. The third kappa shape index (κ3) is 6.87. The van der Waals surface area contributed by atoms with Crippen molar-refractivity contribution in [2.45, 2.75) is 78.2 Å². The Kier molecular flexibility index (Phi) is 10.7. The van der Waals surface area contributed by atoms with Gasteiger partial charge in [0.2, 0.25) is 0 Å². The molecule has 52 heavy (non-hydrogen) atoms. The second-order valence-corrected chi connectivity index (χ2v) is 23.6. The van der Waals surface area contributed by atoms with Gasteiger partial charge in [-0.15, -0.1) is 0 Å². The van der Waals surface area contributed by atoms with Gasteiger partial charge >= 0.3 is 296 Å². The van der Waals surface area contributed by atoms with Crippen LogP contribution in [0, 0.1) is 10.8 Å². The number of halogens is 8. The molecule has 0 bridgehead atoms. The van der Waals surface area contributed by atoms with Gasteiger partial charge in [-0.2, -0.15) is 0 Å². The summed E-state index contributed by atoms with van der Waals surface area (Å²) in [6.07, 6.45) is -2.91. The largest absolute Gasteiger partial charge is 1.00 e. The Morgan fingerprint density at radius 2 is 0.846 bits per heavy atom. The zero-order valence-corrected chi connectivity index (χ0v) is 33.1. The summed E-state index contributed by atoms with van der Waals surface area (Å²) in [6, 6.07) is 23.8. The normalized spacial score (nSPS) is 18.8. The van der Waals surface area contributed by atoms with E-state index in [9.17, 15) is 26.3 Å². The molecule has 2 atom stereocenters. The number of fused-ring (bicyclic) bond motifs is 2. The number of rotatable bonds is 4. The Labute approximate surface area is 319 Å². The molecule has 0 saturated carbocycles. The molecule has 1 fully saturated rings. The van der Waals surface area contributed by atoms with Crippen molar-refractivity contribution in [3.8, 4) is 22.3 Å². The molecule has 4 aromatic carbocycles. The van der Waals surface area contributed by atoms with Crippen molar-refractivity contribution < 1.29 is 67.7 Å². The van der Waals surface area contributed by atoms with E-state index in [-0.39, 0.29) is 44.1 Å². The maximum Gasteiger partial charge on any atom is -1.00 e. The fourth-order valence-corrected chi connectivity index (χ4v) is 19.3. The van der Waals surface area contributed by atoms with Crippen molar-refractivity contribution in [3.05, 3.63) is 129 Å². The van der Waals surface area contributed by atoms with Gasteiger partial charge < -0.3 is 24.8 Å². The van der Waals surface area contributed by atoms with Crippen LogP contribution in [0.4, 0.5) is 26.3 Å². The topological polar surface area (TPSA) is 0 Å². The van der Waals surface area contributed by atoms with Crippen LogP contribution in [0.3, 0.4) is 0 Å². The SMILES string of the molecule is CC(C)(C)C1=Cc2c(-c3ccc(C(F)(F)F)cc3)cccc2[CH]1[Ti+2]1([CH]2C(C(C)(C)C)=Cc3c(-c4ccc(C(F)(F)F)cc4)cccc32)[CH2]C[CH2]1.[Cl-].[Cl-]. The van der Waals surface area contributed by atoms with E-state index >= 15 is 0 Å². The van der Waals surface area contributed by atoms with Gasteiger partial charge in [0.15, 0.2) is 0 Å². The summed E-state index contributed by atoms with van der Waals surface area (Å²) in [7, 11) is 0. The standard InChI is InChI=1S/2C20H18F3.C3H6.2ClH.Ti/c2*1-19(2,3)16-11-14-5-4-6-17(18(14)12-16)13-7-9-15(10-8-13)20(21,22)23;1-3-2;;;/h2*4-12H,1-3H3;1-3H2;2*1H;/q;;;;;+2/p-2. The minimum absolute atomic E-state index is 0. The van der Waals surface area contributed by atoms with Crippen molar-refractivity contribution in [2.75, 3.05) is 0 Å². The first kappa shape index (κ1) is 40.4. The minimum atomic E-state index is -4.39. The Morgan fingerprint density at radius 3 is 1.12 bits per heavy atom. The van der Waals surface area contributed by atoms with Crippen molar-refractivity contribution in [2.24, 2.45) is 10.8 Å². The molecule has 3 aliphatic rings. The van der Waals surface area contributed by atoms with E-state index in [1.165, 1.54) is 62.4 Å². The van der Waals surface area contributed by atoms with Gasteiger partial charge in [-0.05, 0) is 0 Å². The van der Waals surface area contributed by atoms with Gasteiger partial charge in [-0.1, -0.05) is 0 Å². The summed E-state index contributed by atoms with van der Waals surface area (Å²) < 4.78 is 83.6. The molecular formula is C43H42Cl2F6Ti. The van der Waals surface area contributed by atoms with Crippen LogP contribution in [0.5, 0.6) is 0 Å². The second-order valence-electron chi connectivity index (χ2n) is 16.4. The van der Waals surface area contributed by atoms with Gasteiger partial charge in [0.05, 0.1) is 0 Å². The molecule has 0 spiro atoms. The molecule has 1 heterocycles. The molecule has 0 aromatic heterocycles. The van der Waals surface area contributed by atoms with Gasteiger partial charge in [0.25, 0.3) is 0 Å². The third-order valence-corrected chi connectivity index (χ3v) is 20.9. The number of allylic oxidation sites excluding steroid dienone is 2. The van der Waals surface area contributed by atoms with Crippen molar-refractivity contribution in [1.82, 2.24) is 0 Å². The Hall–Kier alpha value is -2.77. The fourth-order valence-electron chi connectivity index (χ4n) is 8.85. The minimum Gasteiger partial charge on any atom is -1.00 e. The van der Waals surface area contributed by atoms with Crippen LogP contribution < -0.4 is 24.8 Å². The van der Waals surface area contributed by atoms with Gasteiger partial charge in [0, 0.05) is 0 Å². The molecule has 0 N–H and O–H groups in total. The summed E-state index contributed by atoms with van der Waals surface area (Å²) in [5.41, 5.74) is 9.55. The summed E-state index contributed by atoms with van der Waals surface area (Å²) >= 11 is -3.01. The molecule has 1 aliphatic heterocycles. The molecule has 1 saturated heterocycles. The summed E-state index contributed by atoms with van der Waals surface area (Å²) in [4.78, 5) is 0. The summed E-state index contributed by atoms with van der Waals surface area (Å²) in [5, 5.41) is 0. The van der Waals surface area contributed by atoms with E-state index in [1.807, 2.05) is 12.1 Å². The Morgan fingerprint density at radius 1 is 0.500 bits per heavy atom. The van der Waals surface area contributed by atoms with Gasteiger partial charge in [-0.3, -0.25) is 0 Å². The predicted molar refractivity (Wildman–Crippen MR) is 188 cm³/mol. The monoisotopic (exact) mass is 790 g/mol. The van der Waals surface area contributed by atoms with Crippen LogP contribution in [0.15, 0.2) is 96.1 Å². The van der Waals surface area contributed by atoms with Crippen LogP contribution >= 0.6 is 0 Å². The van der Waals surface area contributed by atoms with E-state index in [0.717, 1.165) is 33.4 Å². The molecule has 9 heteroatoms. The first-order chi connectivity index (χ1) is 23.3. The van der Waals surface area contributed by atoms with Crippen LogP contribution in [0.2, 0.25) is 9.45 Å². The molecular weight excluding hydrogens is 749 g/mol. The average Bonchev–Trinajstić information content (AvgIpc) is 3.61. The van der Waals surface area contributed by atoms with Crippen LogP contribution in [-0.4, -0.2) is 0 Å². The van der Waals surface area contributed by atoms with E-state index < -0.39 is 40.1 Å². The summed E-state index contributed by atoms with van der Waals surface area (Å²) in [6.45, 7) is 13.6. The van der Waals surface area contributed by atoms with Crippen LogP contribution in [0.25, 0.3) is 34.4 Å². The summed E-state index contributed by atoms with van der Waals surface area (Å²) in [5.74, 6) is 0. The van der Waals surface area contributed by atoms with Crippen molar-refractivity contribution in [3.63, 3.8) is 0 Å². The molecule has 7 rings (SSSR count). The quantitative estimate of drug-likeness (QED) is 0.145. The molecule has 4 aromatic rings. The fraction of sp³-hybridized carbons (Fsp3) is 0.349. The smallest absolute Gasteiger partial charge is 1.00 e. The zero-order chi connectivity index (χ0) is 36.0. The number of alkyl halides is 6. The number of benzene rings is 4.